The molecule has 0 bridgehead atoms. The molecule has 0 radical (unpaired) electrons. The van der Waals surface area contributed by atoms with Gasteiger partial charge in [-0.3, -0.25) is 4.57 Å². The van der Waals surface area contributed by atoms with Gasteiger partial charge in [0.25, 0.3) is 0 Å². The Bertz CT molecular complexity index is 960. The van der Waals surface area contributed by atoms with Crippen molar-refractivity contribution in [2.45, 2.75) is 18.2 Å². The molecule has 0 unspecified atom stereocenters. The van der Waals surface area contributed by atoms with E-state index in [1.165, 1.54) is 27.3 Å². The van der Waals surface area contributed by atoms with Crippen molar-refractivity contribution in [3.8, 4) is 10.4 Å². The Morgan fingerprint density at radius 2 is 2.15 bits per heavy atom. The molecule has 0 aliphatic heterocycles. The smallest absolute Gasteiger partial charge is 0.327 e. The summed E-state index contributed by atoms with van der Waals surface area (Å²) in [6, 6.07) is 3.93. The molecular weight excluding hydrogens is 375 g/mol. The van der Waals surface area contributed by atoms with E-state index in [-0.39, 0.29) is 18.8 Å². The van der Waals surface area contributed by atoms with E-state index in [1.54, 1.807) is 23.7 Å². The van der Waals surface area contributed by atoms with Crippen molar-refractivity contribution in [2.75, 3.05) is 12.8 Å². The third-order valence-electron chi connectivity index (χ3n) is 3.65. The highest BCUT2D eigenvalue weighted by atomic mass is 32.2. The van der Waals surface area contributed by atoms with Gasteiger partial charge >= 0.3 is 5.69 Å². The van der Waals surface area contributed by atoms with Crippen LogP contribution in [0.1, 0.15) is 4.88 Å². The Balaban J connectivity index is 1.75. The Labute approximate surface area is 157 Å². The van der Waals surface area contributed by atoms with Crippen molar-refractivity contribution in [3.05, 3.63) is 58.1 Å². The molecule has 3 aromatic heterocycles. The number of thiophene rings is 1. The van der Waals surface area contributed by atoms with Crippen LogP contribution in [-0.4, -0.2) is 37.1 Å². The highest BCUT2D eigenvalue weighted by Gasteiger charge is 2.10. The lowest BCUT2D eigenvalue weighted by Gasteiger charge is -2.01. The molecule has 3 aromatic rings. The zero-order valence-electron chi connectivity index (χ0n) is 14.0. The summed E-state index contributed by atoms with van der Waals surface area (Å²) in [5.41, 5.74) is 6.36. The molecular formula is C16H17FN6OS2. The Kier molecular flexibility index (Phi) is 5.96. The van der Waals surface area contributed by atoms with Crippen LogP contribution < -0.4 is 11.4 Å². The van der Waals surface area contributed by atoms with Crippen LogP contribution >= 0.6 is 23.1 Å². The molecule has 0 atom stereocenters. The fraction of sp³-hybridized carbons (Fsp3) is 0.250. The minimum atomic E-state index is -0.305. The molecule has 0 spiro atoms. The second-order valence-electron chi connectivity index (χ2n) is 5.39. The van der Waals surface area contributed by atoms with E-state index in [0.717, 1.165) is 20.5 Å². The van der Waals surface area contributed by atoms with Crippen molar-refractivity contribution in [1.29, 1.82) is 0 Å². The summed E-state index contributed by atoms with van der Waals surface area (Å²) in [6.07, 6.45) is 7.37. The van der Waals surface area contributed by atoms with E-state index < -0.39 is 0 Å². The van der Waals surface area contributed by atoms with Gasteiger partial charge in [-0.1, -0.05) is 11.8 Å². The van der Waals surface area contributed by atoms with E-state index in [2.05, 4.69) is 15.1 Å². The summed E-state index contributed by atoms with van der Waals surface area (Å²) >= 11 is 3.05. The first-order valence-corrected chi connectivity index (χ1v) is 9.74. The van der Waals surface area contributed by atoms with Gasteiger partial charge in [-0.05, 0) is 24.0 Å². The number of hydrogen-bond acceptors (Lipinski definition) is 7. The number of aromatic nitrogens is 5. The molecule has 0 saturated heterocycles. The second kappa shape index (κ2) is 8.39. The van der Waals surface area contributed by atoms with Crippen molar-refractivity contribution >= 4 is 23.1 Å². The second-order valence-corrected chi connectivity index (χ2v) is 7.34. The van der Waals surface area contributed by atoms with E-state index in [0.29, 0.717) is 18.4 Å². The average Bonchev–Trinajstić information content (AvgIpc) is 3.28. The van der Waals surface area contributed by atoms with Crippen LogP contribution in [0.5, 0.6) is 0 Å². The predicted octanol–water partition coefficient (Wildman–Crippen LogP) is 2.15. The molecule has 26 heavy (non-hydrogen) atoms. The van der Waals surface area contributed by atoms with Crippen LogP contribution in [0.15, 0.2) is 52.7 Å². The number of hydrogen-bond donors (Lipinski definition) is 1. The lowest BCUT2D eigenvalue weighted by Crippen LogP contribution is -2.26. The normalized spacial score (nSPS) is 11.9. The van der Waals surface area contributed by atoms with Gasteiger partial charge < -0.3 is 5.73 Å². The van der Waals surface area contributed by atoms with E-state index in [4.69, 9.17) is 5.73 Å². The molecule has 0 aliphatic carbocycles. The van der Waals surface area contributed by atoms with E-state index in [1.807, 2.05) is 18.4 Å². The molecule has 0 aliphatic rings. The summed E-state index contributed by atoms with van der Waals surface area (Å²) in [4.78, 5) is 22.9. The molecule has 2 N–H and O–H groups in total. The maximum Gasteiger partial charge on any atom is 0.346 e. The molecule has 7 nitrogen and oxygen atoms in total. The molecule has 0 saturated carbocycles. The number of thioether (sulfide) groups is 1. The third kappa shape index (κ3) is 4.09. The number of nitrogens with two attached hydrogens (primary N) is 1. The monoisotopic (exact) mass is 392 g/mol. The zero-order valence-corrected chi connectivity index (χ0v) is 15.6. The lowest BCUT2D eigenvalue weighted by atomic mass is 10.3. The summed E-state index contributed by atoms with van der Waals surface area (Å²) in [5, 5.41) is 4.74. The maximum absolute atomic E-state index is 12.6. The summed E-state index contributed by atoms with van der Waals surface area (Å²) in [7, 11) is 0. The van der Waals surface area contributed by atoms with E-state index >= 15 is 0 Å². The molecule has 136 valence electrons. The largest absolute Gasteiger partial charge is 0.346 e. The number of rotatable bonds is 7. The molecule has 0 aromatic carbocycles. The molecule has 0 amide bonds. The van der Waals surface area contributed by atoms with Crippen LogP contribution in [0, 0.1) is 0 Å². The van der Waals surface area contributed by atoms with Crippen LogP contribution in [-0.2, 0) is 13.1 Å². The Morgan fingerprint density at radius 3 is 2.81 bits per heavy atom. The van der Waals surface area contributed by atoms with Gasteiger partial charge in [-0.2, -0.15) is 5.10 Å². The Morgan fingerprint density at radius 1 is 1.38 bits per heavy atom. The van der Waals surface area contributed by atoms with Crippen molar-refractivity contribution < 1.29 is 4.39 Å². The summed E-state index contributed by atoms with van der Waals surface area (Å²) in [6.45, 7) is 0.486. The maximum atomic E-state index is 12.6. The standard InChI is InChI=1S/C16H17FN6OS2/c1-25-15-19-6-12(7-20-15)14-3-2-13(26-14)9-22-10-21-23(16(22)24)8-11(4-17)5-18/h2-4,6-7,10H,5,8-9,18H2,1H3/b11-4+. The molecule has 10 heteroatoms. The van der Waals surface area contributed by atoms with Gasteiger partial charge in [-0.25, -0.2) is 23.8 Å². The number of halogens is 1. The lowest BCUT2D eigenvalue weighted by molar-refractivity contribution is 0.604. The fourth-order valence-electron chi connectivity index (χ4n) is 2.26. The zero-order chi connectivity index (χ0) is 18.5. The average molecular weight is 392 g/mol. The van der Waals surface area contributed by atoms with Gasteiger partial charge in [0.2, 0.25) is 0 Å². The quantitative estimate of drug-likeness (QED) is 0.489. The van der Waals surface area contributed by atoms with Crippen LogP contribution in [0.2, 0.25) is 0 Å². The van der Waals surface area contributed by atoms with E-state index in [9.17, 15) is 9.18 Å². The topological polar surface area (TPSA) is 91.6 Å². The van der Waals surface area contributed by atoms with Crippen LogP contribution in [0.4, 0.5) is 4.39 Å². The van der Waals surface area contributed by atoms with Crippen molar-refractivity contribution in [2.24, 2.45) is 5.73 Å². The van der Waals surface area contributed by atoms with Gasteiger partial charge in [0.1, 0.15) is 6.33 Å². The molecule has 3 rings (SSSR count). The number of nitrogens with zero attached hydrogens (tertiary/aromatic N) is 5. The van der Waals surface area contributed by atoms with Gasteiger partial charge in [0, 0.05) is 34.3 Å². The fourth-order valence-corrected chi connectivity index (χ4v) is 3.56. The van der Waals surface area contributed by atoms with Crippen LogP contribution in [0.3, 0.4) is 0 Å². The van der Waals surface area contributed by atoms with Crippen LogP contribution in [0.25, 0.3) is 10.4 Å². The highest BCUT2D eigenvalue weighted by Crippen LogP contribution is 2.28. The first kappa shape index (κ1) is 18.5. The van der Waals surface area contributed by atoms with Gasteiger partial charge in [-0.15, -0.1) is 11.3 Å². The molecule has 0 fully saturated rings. The van der Waals surface area contributed by atoms with Crippen molar-refractivity contribution in [1.82, 2.24) is 24.3 Å². The Hall–Kier alpha value is -2.30. The minimum Gasteiger partial charge on any atom is -0.327 e. The summed E-state index contributed by atoms with van der Waals surface area (Å²) < 4.78 is 15.3. The molecule has 3 heterocycles. The minimum absolute atomic E-state index is 0.0431. The first-order chi connectivity index (χ1) is 12.6. The SMILES string of the molecule is CSc1ncc(-c2ccc(Cn3cnn(C/C(=C/F)CN)c3=O)s2)cn1. The summed E-state index contributed by atoms with van der Waals surface area (Å²) in [5.74, 6) is 0. The van der Waals surface area contributed by atoms with Gasteiger partial charge in [0.05, 0.1) is 19.4 Å². The highest BCUT2D eigenvalue weighted by molar-refractivity contribution is 7.98. The van der Waals surface area contributed by atoms with Gasteiger partial charge in [0.15, 0.2) is 5.16 Å². The third-order valence-corrected chi connectivity index (χ3v) is 5.34. The first-order valence-electron chi connectivity index (χ1n) is 7.70. The predicted molar refractivity (Wildman–Crippen MR) is 101 cm³/mol. The van der Waals surface area contributed by atoms with Crippen molar-refractivity contribution in [3.63, 3.8) is 0 Å².